The summed E-state index contributed by atoms with van der Waals surface area (Å²) in [4.78, 5) is 0. The van der Waals surface area contributed by atoms with Gasteiger partial charge in [0.15, 0.2) is 0 Å². The summed E-state index contributed by atoms with van der Waals surface area (Å²) in [5.41, 5.74) is 1.25. The number of benzene rings is 1. The Labute approximate surface area is 109 Å². The van der Waals surface area contributed by atoms with Crippen LogP contribution in [0.15, 0.2) is 24.3 Å². The topological polar surface area (TPSA) is 52.5 Å². The third-order valence-electron chi connectivity index (χ3n) is 4.18. The van der Waals surface area contributed by atoms with Crippen molar-refractivity contribution in [3.8, 4) is 5.75 Å². The van der Waals surface area contributed by atoms with Crippen LogP contribution in [0.1, 0.15) is 44.2 Å². The predicted molar refractivity (Wildman–Crippen MR) is 72.5 cm³/mol. The van der Waals surface area contributed by atoms with Gasteiger partial charge in [-0.1, -0.05) is 25.0 Å². The Morgan fingerprint density at radius 1 is 1.22 bits per heavy atom. The Hall–Kier alpha value is -1.06. The van der Waals surface area contributed by atoms with E-state index in [2.05, 4.69) is 12.2 Å². The molecule has 0 aromatic heterocycles. The first-order valence-electron chi connectivity index (χ1n) is 6.78. The van der Waals surface area contributed by atoms with Gasteiger partial charge in [-0.25, -0.2) is 0 Å². The largest absolute Gasteiger partial charge is 0.508 e. The molecule has 1 fully saturated rings. The molecule has 1 aliphatic carbocycles. The van der Waals surface area contributed by atoms with Gasteiger partial charge in [0, 0.05) is 24.6 Å². The lowest BCUT2D eigenvalue weighted by Crippen LogP contribution is -2.36. The van der Waals surface area contributed by atoms with Crippen LogP contribution in [0.25, 0.3) is 0 Å². The van der Waals surface area contributed by atoms with Crippen LogP contribution in [0.2, 0.25) is 0 Å². The molecule has 1 atom stereocenters. The zero-order valence-electron chi connectivity index (χ0n) is 11.0. The first-order chi connectivity index (χ1) is 8.65. The van der Waals surface area contributed by atoms with Crippen molar-refractivity contribution in [1.82, 2.24) is 5.32 Å². The fraction of sp³-hybridized carbons (Fsp3) is 0.600. The van der Waals surface area contributed by atoms with Crippen LogP contribution in [0.4, 0.5) is 0 Å². The second kappa shape index (κ2) is 5.72. The number of phenolic OH excluding ortho intramolecular Hbond substituents is 1. The van der Waals surface area contributed by atoms with Gasteiger partial charge in [-0.3, -0.25) is 0 Å². The summed E-state index contributed by atoms with van der Waals surface area (Å²) in [6.45, 7) is 3.26. The van der Waals surface area contributed by atoms with E-state index >= 15 is 0 Å². The first kappa shape index (κ1) is 13.4. The molecule has 1 unspecified atom stereocenters. The van der Waals surface area contributed by atoms with Crippen molar-refractivity contribution in [3.05, 3.63) is 29.8 Å². The highest BCUT2D eigenvalue weighted by atomic mass is 16.3. The van der Waals surface area contributed by atoms with Gasteiger partial charge in [0.2, 0.25) is 0 Å². The van der Waals surface area contributed by atoms with E-state index in [1.807, 2.05) is 12.1 Å². The number of aliphatic hydroxyl groups excluding tert-OH is 1. The van der Waals surface area contributed by atoms with Crippen molar-refractivity contribution < 1.29 is 10.2 Å². The quantitative estimate of drug-likeness (QED) is 0.752. The van der Waals surface area contributed by atoms with Crippen LogP contribution in [0.5, 0.6) is 5.75 Å². The average Bonchev–Trinajstić information content (AvgIpc) is 2.86. The maximum Gasteiger partial charge on any atom is 0.115 e. The summed E-state index contributed by atoms with van der Waals surface area (Å²) in [5.74, 6) is 0.300. The number of hydrogen-bond donors (Lipinski definition) is 3. The monoisotopic (exact) mass is 249 g/mol. The van der Waals surface area contributed by atoms with E-state index in [4.69, 9.17) is 0 Å². The van der Waals surface area contributed by atoms with E-state index in [0.717, 1.165) is 19.4 Å². The number of nitrogens with one attached hydrogen (secondary N) is 1. The molecule has 0 saturated heterocycles. The number of hydrogen-bond acceptors (Lipinski definition) is 3. The minimum Gasteiger partial charge on any atom is -0.508 e. The van der Waals surface area contributed by atoms with Gasteiger partial charge < -0.3 is 15.5 Å². The molecule has 0 radical (unpaired) electrons. The molecule has 3 heteroatoms. The molecule has 18 heavy (non-hydrogen) atoms. The molecule has 0 heterocycles. The summed E-state index contributed by atoms with van der Waals surface area (Å²) in [6.07, 6.45) is 4.71. The highest BCUT2D eigenvalue weighted by Crippen LogP contribution is 2.37. The van der Waals surface area contributed by atoms with E-state index < -0.39 is 0 Å². The van der Waals surface area contributed by atoms with Gasteiger partial charge in [-0.2, -0.15) is 0 Å². The fourth-order valence-corrected chi connectivity index (χ4v) is 2.77. The SMILES string of the molecule is CC(NCC1(CO)CCCC1)c1ccc(O)cc1. The van der Waals surface area contributed by atoms with Crippen LogP contribution in [0, 0.1) is 5.41 Å². The maximum absolute atomic E-state index is 9.56. The standard InChI is InChI=1S/C15H23NO2/c1-12(13-4-6-14(18)7-5-13)16-10-15(11-17)8-2-3-9-15/h4-7,12,16-18H,2-3,8-11H2,1H3. The van der Waals surface area contributed by atoms with Crippen molar-refractivity contribution in [2.24, 2.45) is 5.41 Å². The van der Waals surface area contributed by atoms with Gasteiger partial charge in [0.25, 0.3) is 0 Å². The normalized spacial score (nSPS) is 19.9. The molecule has 3 N–H and O–H groups in total. The number of aliphatic hydroxyl groups is 1. The molecule has 3 nitrogen and oxygen atoms in total. The van der Waals surface area contributed by atoms with Gasteiger partial charge in [0.1, 0.15) is 5.75 Å². The van der Waals surface area contributed by atoms with Crippen molar-refractivity contribution >= 4 is 0 Å². The van der Waals surface area contributed by atoms with E-state index in [0.29, 0.717) is 5.75 Å². The maximum atomic E-state index is 9.56. The first-order valence-corrected chi connectivity index (χ1v) is 6.78. The molecule has 0 bridgehead atoms. The highest BCUT2D eigenvalue weighted by Gasteiger charge is 2.33. The van der Waals surface area contributed by atoms with Gasteiger partial charge in [0.05, 0.1) is 0 Å². The van der Waals surface area contributed by atoms with Gasteiger partial charge in [-0.05, 0) is 37.5 Å². The smallest absolute Gasteiger partial charge is 0.115 e. The number of phenols is 1. The minimum absolute atomic E-state index is 0.0885. The Balaban J connectivity index is 1.91. The Kier molecular flexibility index (Phi) is 4.25. The van der Waals surface area contributed by atoms with Crippen molar-refractivity contribution in [2.75, 3.05) is 13.2 Å². The predicted octanol–water partition coefficient (Wildman–Crippen LogP) is 2.60. The molecular formula is C15H23NO2. The Morgan fingerprint density at radius 3 is 2.39 bits per heavy atom. The zero-order valence-corrected chi connectivity index (χ0v) is 11.0. The second-order valence-electron chi connectivity index (χ2n) is 5.56. The van der Waals surface area contributed by atoms with E-state index in [-0.39, 0.29) is 18.1 Å². The zero-order chi connectivity index (χ0) is 13.0. The Morgan fingerprint density at radius 2 is 1.83 bits per heavy atom. The highest BCUT2D eigenvalue weighted by molar-refractivity contribution is 5.27. The van der Waals surface area contributed by atoms with E-state index in [1.54, 1.807) is 12.1 Å². The molecule has 1 aromatic rings. The molecule has 1 aromatic carbocycles. The summed E-state index contributed by atoms with van der Waals surface area (Å²) in [5, 5.41) is 22.3. The number of aromatic hydroxyl groups is 1. The average molecular weight is 249 g/mol. The molecule has 1 aliphatic rings. The van der Waals surface area contributed by atoms with Crippen LogP contribution < -0.4 is 5.32 Å². The summed E-state index contributed by atoms with van der Waals surface area (Å²) < 4.78 is 0. The molecule has 1 saturated carbocycles. The van der Waals surface area contributed by atoms with Crippen LogP contribution >= 0.6 is 0 Å². The molecule has 0 spiro atoms. The van der Waals surface area contributed by atoms with Crippen molar-refractivity contribution in [3.63, 3.8) is 0 Å². The second-order valence-corrected chi connectivity index (χ2v) is 5.56. The van der Waals surface area contributed by atoms with Crippen LogP contribution in [-0.4, -0.2) is 23.4 Å². The molecular weight excluding hydrogens is 226 g/mol. The molecule has 0 amide bonds. The Bertz CT molecular complexity index is 369. The van der Waals surface area contributed by atoms with Gasteiger partial charge in [-0.15, -0.1) is 0 Å². The van der Waals surface area contributed by atoms with E-state index in [9.17, 15) is 10.2 Å². The van der Waals surface area contributed by atoms with Crippen LogP contribution in [0.3, 0.4) is 0 Å². The summed E-state index contributed by atoms with van der Waals surface area (Å²) in [6, 6.07) is 7.55. The van der Waals surface area contributed by atoms with E-state index in [1.165, 1.54) is 18.4 Å². The lowest BCUT2D eigenvalue weighted by Gasteiger charge is -2.29. The third kappa shape index (κ3) is 3.03. The molecule has 2 rings (SSSR count). The summed E-state index contributed by atoms with van der Waals surface area (Å²) in [7, 11) is 0. The lowest BCUT2D eigenvalue weighted by atomic mass is 9.87. The van der Waals surface area contributed by atoms with Crippen LogP contribution in [-0.2, 0) is 0 Å². The number of rotatable bonds is 5. The van der Waals surface area contributed by atoms with Crippen molar-refractivity contribution in [2.45, 2.75) is 38.6 Å². The molecule has 0 aliphatic heterocycles. The summed E-state index contributed by atoms with van der Waals surface area (Å²) >= 11 is 0. The third-order valence-corrected chi connectivity index (χ3v) is 4.18. The van der Waals surface area contributed by atoms with Crippen molar-refractivity contribution in [1.29, 1.82) is 0 Å². The fourth-order valence-electron chi connectivity index (χ4n) is 2.77. The van der Waals surface area contributed by atoms with Gasteiger partial charge >= 0.3 is 0 Å². The minimum atomic E-state index is 0.0885. The lowest BCUT2D eigenvalue weighted by molar-refractivity contribution is 0.125. The molecule has 100 valence electrons.